The summed E-state index contributed by atoms with van der Waals surface area (Å²) < 4.78 is 13.8. The Kier molecular flexibility index (Phi) is 3.32. The molecule has 18 heavy (non-hydrogen) atoms. The van der Waals surface area contributed by atoms with Crippen LogP contribution in [0.2, 0.25) is 0 Å². The van der Waals surface area contributed by atoms with E-state index in [-0.39, 0.29) is 0 Å². The standard InChI is InChI=1S/C13H14FNO3/c14-10-5-2-1-4-9(10)13(6-3-7-13)12(18)15-8-11(16)17/h1-2,4-5H,3,6-8H2,(H,15,18)(H,16,17). The van der Waals surface area contributed by atoms with Crippen molar-refractivity contribution in [3.8, 4) is 0 Å². The summed E-state index contributed by atoms with van der Waals surface area (Å²) in [4.78, 5) is 22.5. The van der Waals surface area contributed by atoms with Gasteiger partial charge in [-0.25, -0.2) is 4.39 Å². The lowest BCUT2D eigenvalue weighted by molar-refractivity contribution is -0.139. The largest absolute Gasteiger partial charge is 0.480 e. The fourth-order valence-corrected chi connectivity index (χ4v) is 2.32. The molecule has 0 saturated heterocycles. The van der Waals surface area contributed by atoms with Gasteiger partial charge >= 0.3 is 5.97 Å². The molecule has 0 heterocycles. The number of aliphatic carboxylic acids is 1. The van der Waals surface area contributed by atoms with Crippen molar-refractivity contribution in [2.75, 3.05) is 6.54 Å². The van der Waals surface area contributed by atoms with Gasteiger partial charge in [0.25, 0.3) is 0 Å². The maximum Gasteiger partial charge on any atom is 0.322 e. The Morgan fingerprint density at radius 1 is 1.33 bits per heavy atom. The van der Waals surface area contributed by atoms with E-state index in [2.05, 4.69) is 5.32 Å². The smallest absolute Gasteiger partial charge is 0.322 e. The zero-order chi connectivity index (χ0) is 13.2. The normalized spacial score (nSPS) is 16.7. The molecular weight excluding hydrogens is 237 g/mol. The number of rotatable bonds is 4. The van der Waals surface area contributed by atoms with Crippen LogP contribution in [0.5, 0.6) is 0 Å². The molecule has 0 spiro atoms. The number of nitrogens with one attached hydrogen (secondary N) is 1. The van der Waals surface area contributed by atoms with Crippen LogP contribution in [0.4, 0.5) is 4.39 Å². The van der Waals surface area contributed by atoms with Gasteiger partial charge in [0, 0.05) is 5.56 Å². The van der Waals surface area contributed by atoms with Crippen LogP contribution in [0.1, 0.15) is 24.8 Å². The molecule has 0 aliphatic heterocycles. The molecule has 2 rings (SSSR count). The summed E-state index contributed by atoms with van der Waals surface area (Å²) in [6.45, 7) is -0.435. The van der Waals surface area contributed by atoms with Crippen molar-refractivity contribution in [1.29, 1.82) is 0 Å². The third kappa shape index (κ3) is 2.08. The fourth-order valence-electron chi connectivity index (χ4n) is 2.32. The number of amides is 1. The van der Waals surface area contributed by atoms with Crippen molar-refractivity contribution in [3.63, 3.8) is 0 Å². The molecule has 1 aromatic rings. The first-order chi connectivity index (χ1) is 8.56. The minimum Gasteiger partial charge on any atom is -0.480 e. The molecule has 1 amide bonds. The summed E-state index contributed by atoms with van der Waals surface area (Å²) >= 11 is 0. The van der Waals surface area contributed by atoms with Gasteiger partial charge in [0.15, 0.2) is 0 Å². The van der Waals surface area contributed by atoms with E-state index < -0.39 is 29.7 Å². The van der Waals surface area contributed by atoms with Crippen molar-refractivity contribution in [3.05, 3.63) is 35.6 Å². The number of hydrogen-bond donors (Lipinski definition) is 2. The highest BCUT2D eigenvalue weighted by Crippen LogP contribution is 2.44. The molecule has 4 nitrogen and oxygen atoms in total. The molecule has 2 N–H and O–H groups in total. The van der Waals surface area contributed by atoms with Crippen molar-refractivity contribution >= 4 is 11.9 Å². The predicted octanol–water partition coefficient (Wildman–Crippen LogP) is 1.45. The Hall–Kier alpha value is -1.91. The van der Waals surface area contributed by atoms with E-state index in [1.807, 2.05) is 0 Å². The molecule has 0 radical (unpaired) electrons. The monoisotopic (exact) mass is 251 g/mol. The quantitative estimate of drug-likeness (QED) is 0.851. The third-order valence-electron chi connectivity index (χ3n) is 3.43. The second-order valence-corrected chi connectivity index (χ2v) is 4.49. The van der Waals surface area contributed by atoms with Crippen molar-refractivity contribution in [2.45, 2.75) is 24.7 Å². The Morgan fingerprint density at radius 2 is 2.00 bits per heavy atom. The van der Waals surface area contributed by atoms with Crippen molar-refractivity contribution in [1.82, 2.24) is 5.32 Å². The molecule has 1 aliphatic rings. The minimum absolute atomic E-state index is 0.360. The molecule has 0 unspecified atom stereocenters. The van der Waals surface area contributed by atoms with Crippen LogP contribution in [0.3, 0.4) is 0 Å². The summed E-state index contributed by atoms with van der Waals surface area (Å²) in [7, 11) is 0. The Labute approximate surface area is 104 Å². The summed E-state index contributed by atoms with van der Waals surface area (Å²) in [6, 6.07) is 6.16. The van der Waals surface area contributed by atoms with E-state index in [0.29, 0.717) is 18.4 Å². The molecule has 1 aromatic carbocycles. The highest BCUT2D eigenvalue weighted by molar-refractivity contribution is 5.91. The van der Waals surface area contributed by atoms with E-state index in [1.165, 1.54) is 6.07 Å². The lowest BCUT2D eigenvalue weighted by atomic mass is 9.63. The maximum absolute atomic E-state index is 13.8. The molecule has 1 fully saturated rings. The van der Waals surface area contributed by atoms with Gasteiger partial charge in [0.05, 0.1) is 5.41 Å². The molecule has 0 aromatic heterocycles. The van der Waals surface area contributed by atoms with E-state index in [9.17, 15) is 14.0 Å². The van der Waals surface area contributed by atoms with E-state index >= 15 is 0 Å². The highest BCUT2D eigenvalue weighted by atomic mass is 19.1. The number of benzene rings is 1. The summed E-state index contributed by atoms with van der Waals surface area (Å²) in [5, 5.41) is 10.9. The average molecular weight is 251 g/mol. The number of carboxylic acid groups (broad SMARTS) is 1. The lowest BCUT2D eigenvalue weighted by Crippen LogP contribution is -2.50. The molecule has 0 bridgehead atoms. The lowest BCUT2D eigenvalue weighted by Gasteiger charge is -2.40. The van der Waals surface area contributed by atoms with Crippen LogP contribution >= 0.6 is 0 Å². The maximum atomic E-state index is 13.8. The number of carbonyl (C=O) groups is 2. The summed E-state index contributed by atoms with van der Waals surface area (Å²) in [5.41, 5.74) is -0.528. The van der Waals surface area contributed by atoms with Gasteiger partial charge in [-0.2, -0.15) is 0 Å². The predicted molar refractivity (Wildman–Crippen MR) is 62.6 cm³/mol. The van der Waals surface area contributed by atoms with Gasteiger partial charge in [-0.3, -0.25) is 9.59 Å². The highest BCUT2D eigenvalue weighted by Gasteiger charge is 2.47. The minimum atomic E-state index is -1.11. The zero-order valence-electron chi connectivity index (χ0n) is 9.78. The molecule has 96 valence electrons. The second-order valence-electron chi connectivity index (χ2n) is 4.49. The van der Waals surface area contributed by atoms with Crippen LogP contribution in [-0.4, -0.2) is 23.5 Å². The van der Waals surface area contributed by atoms with Crippen LogP contribution in [-0.2, 0) is 15.0 Å². The average Bonchev–Trinajstić information content (AvgIpc) is 2.27. The molecule has 1 saturated carbocycles. The van der Waals surface area contributed by atoms with Crippen LogP contribution in [0.25, 0.3) is 0 Å². The van der Waals surface area contributed by atoms with Gasteiger partial charge in [-0.1, -0.05) is 24.6 Å². The van der Waals surface area contributed by atoms with Gasteiger partial charge in [-0.15, -0.1) is 0 Å². The molecule has 5 heteroatoms. The van der Waals surface area contributed by atoms with Crippen LogP contribution < -0.4 is 5.32 Å². The van der Waals surface area contributed by atoms with E-state index in [1.54, 1.807) is 18.2 Å². The van der Waals surface area contributed by atoms with Gasteiger partial charge in [0.1, 0.15) is 12.4 Å². The van der Waals surface area contributed by atoms with Gasteiger partial charge in [0.2, 0.25) is 5.91 Å². The second kappa shape index (κ2) is 4.76. The SMILES string of the molecule is O=C(O)CNC(=O)C1(c2ccccc2F)CCC1. The first-order valence-electron chi connectivity index (χ1n) is 5.81. The van der Waals surface area contributed by atoms with E-state index in [4.69, 9.17) is 5.11 Å². The molecule has 1 aliphatic carbocycles. The Morgan fingerprint density at radius 3 is 2.50 bits per heavy atom. The number of halogens is 1. The first kappa shape index (κ1) is 12.5. The fraction of sp³-hybridized carbons (Fsp3) is 0.385. The molecule has 0 atom stereocenters. The van der Waals surface area contributed by atoms with Gasteiger partial charge < -0.3 is 10.4 Å². The van der Waals surface area contributed by atoms with Gasteiger partial charge in [-0.05, 0) is 18.9 Å². The Balaban J connectivity index is 2.23. The molecular formula is C13H14FNO3. The summed E-state index contributed by atoms with van der Waals surface area (Å²) in [6.07, 6.45) is 1.95. The van der Waals surface area contributed by atoms with Crippen molar-refractivity contribution < 1.29 is 19.1 Å². The summed E-state index contributed by atoms with van der Waals surface area (Å²) in [5.74, 6) is -1.92. The van der Waals surface area contributed by atoms with E-state index in [0.717, 1.165) is 6.42 Å². The number of carbonyl (C=O) groups excluding carboxylic acids is 1. The van der Waals surface area contributed by atoms with Crippen LogP contribution in [0.15, 0.2) is 24.3 Å². The number of carboxylic acids is 1. The topological polar surface area (TPSA) is 66.4 Å². The first-order valence-corrected chi connectivity index (χ1v) is 5.81. The third-order valence-corrected chi connectivity index (χ3v) is 3.43. The number of hydrogen-bond acceptors (Lipinski definition) is 2. The Bertz CT molecular complexity index is 483. The van der Waals surface area contributed by atoms with Crippen molar-refractivity contribution in [2.24, 2.45) is 0 Å². The van der Waals surface area contributed by atoms with Crippen LogP contribution in [0, 0.1) is 5.82 Å². The zero-order valence-corrected chi connectivity index (χ0v) is 9.78.